The molecule has 2 aliphatic carbocycles. The molecule has 0 saturated heterocycles. The van der Waals surface area contributed by atoms with Crippen molar-refractivity contribution in [3.63, 3.8) is 0 Å². The number of hydrogen-bond acceptors (Lipinski definition) is 1. The Labute approximate surface area is 115 Å². The van der Waals surface area contributed by atoms with Crippen LogP contribution in [-0.4, -0.2) is 23.9 Å². The molecule has 0 aromatic heterocycles. The first-order valence-corrected chi connectivity index (χ1v) is 7.24. The van der Waals surface area contributed by atoms with Crippen molar-refractivity contribution in [3.05, 3.63) is 48.6 Å². The highest BCUT2D eigenvalue weighted by atomic mass is 16.2. The number of benzene rings is 1. The van der Waals surface area contributed by atoms with Gasteiger partial charge in [0.25, 0.3) is 0 Å². The lowest BCUT2D eigenvalue weighted by molar-refractivity contribution is -0.132. The SMILES string of the molecule is C=CCN(C[C@H]1CC1c1ccccc1)C(=O)C1CC1. The third kappa shape index (κ3) is 2.89. The van der Waals surface area contributed by atoms with Gasteiger partial charge < -0.3 is 4.90 Å². The lowest BCUT2D eigenvalue weighted by Gasteiger charge is -2.21. The van der Waals surface area contributed by atoms with Gasteiger partial charge in [-0.2, -0.15) is 0 Å². The van der Waals surface area contributed by atoms with Gasteiger partial charge in [0, 0.05) is 19.0 Å². The summed E-state index contributed by atoms with van der Waals surface area (Å²) in [6.45, 7) is 5.38. The summed E-state index contributed by atoms with van der Waals surface area (Å²) >= 11 is 0. The summed E-state index contributed by atoms with van der Waals surface area (Å²) in [5.74, 6) is 1.96. The lowest BCUT2D eigenvalue weighted by atomic mass is 10.1. The van der Waals surface area contributed by atoms with Gasteiger partial charge in [-0.25, -0.2) is 0 Å². The van der Waals surface area contributed by atoms with E-state index in [4.69, 9.17) is 0 Å². The van der Waals surface area contributed by atoms with E-state index in [9.17, 15) is 4.79 Å². The summed E-state index contributed by atoms with van der Waals surface area (Å²) < 4.78 is 0. The molecule has 2 nitrogen and oxygen atoms in total. The smallest absolute Gasteiger partial charge is 0.225 e. The summed E-state index contributed by atoms with van der Waals surface area (Å²) in [6, 6.07) is 10.7. The largest absolute Gasteiger partial charge is 0.338 e. The van der Waals surface area contributed by atoms with E-state index < -0.39 is 0 Å². The molecule has 0 aliphatic heterocycles. The minimum Gasteiger partial charge on any atom is -0.338 e. The Hall–Kier alpha value is -1.57. The Morgan fingerprint density at radius 2 is 2.05 bits per heavy atom. The van der Waals surface area contributed by atoms with E-state index in [1.807, 2.05) is 11.0 Å². The van der Waals surface area contributed by atoms with Crippen molar-refractivity contribution in [1.29, 1.82) is 0 Å². The zero-order valence-corrected chi connectivity index (χ0v) is 11.3. The Kier molecular flexibility index (Phi) is 3.41. The van der Waals surface area contributed by atoms with E-state index in [2.05, 4.69) is 36.9 Å². The fourth-order valence-electron chi connectivity index (χ4n) is 2.84. The van der Waals surface area contributed by atoms with Crippen LogP contribution in [0.3, 0.4) is 0 Å². The lowest BCUT2D eigenvalue weighted by Crippen LogP contribution is -2.34. The van der Waals surface area contributed by atoms with E-state index in [1.165, 1.54) is 12.0 Å². The molecule has 0 heterocycles. The Morgan fingerprint density at radius 3 is 2.68 bits per heavy atom. The third-order valence-corrected chi connectivity index (χ3v) is 4.19. The molecule has 1 amide bonds. The maximum Gasteiger partial charge on any atom is 0.225 e. The number of amides is 1. The summed E-state index contributed by atoms with van der Waals surface area (Å²) in [5.41, 5.74) is 1.42. The highest BCUT2D eigenvalue weighted by Gasteiger charge is 2.41. The van der Waals surface area contributed by atoms with Crippen LogP contribution in [0.25, 0.3) is 0 Å². The summed E-state index contributed by atoms with van der Waals surface area (Å²) in [4.78, 5) is 14.2. The predicted molar refractivity (Wildman–Crippen MR) is 76.8 cm³/mol. The highest BCUT2D eigenvalue weighted by molar-refractivity contribution is 5.81. The van der Waals surface area contributed by atoms with Crippen molar-refractivity contribution in [2.45, 2.75) is 25.2 Å². The number of hydrogen-bond donors (Lipinski definition) is 0. The van der Waals surface area contributed by atoms with Gasteiger partial charge in [-0.3, -0.25) is 4.79 Å². The molecule has 3 rings (SSSR count). The maximum absolute atomic E-state index is 12.2. The predicted octanol–water partition coefficient (Wildman–Crippen LogP) is 3.21. The van der Waals surface area contributed by atoms with E-state index in [0.29, 0.717) is 30.2 Å². The van der Waals surface area contributed by atoms with Crippen LogP contribution in [0.1, 0.15) is 30.7 Å². The molecule has 2 heteroatoms. The molecule has 0 N–H and O–H groups in total. The second kappa shape index (κ2) is 5.20. The van der Waals surface area contributed by atoms with Crippen LogP contribution in [0.5, 0.6) is 0 Å². The quantitative estimate of drug-likeness (QED) is 0.715. The van der Waals surface area contributed by atoms with Crippen molar-refractivity contribution >= 4 is 5.91 Å². The first-order chi connectivity index (χ1) is 9.29. The van der Waals surface area contributed by atoms with Crippen molar-refractivity contribution in [3.8, 4) is 0 Å². The van der Waals surface area contributed by atoms with E-state index in [-0.39, 0.29) is 0 Å². The van der Waals surface area contributed by atoms with Crippen LogP contribution in [-0.2, 0) is 4.79 Å². The van der Waals surface area contributed by atoms with Gasteiger partial charge >= 0.3 is 0 Å². The minimum absolute atomic E-state index is 0.314. The van der Waals surface area contributed by atoms with Gasteiger partial charge in [-0.1, -0.05) is 36.4 Å². The fraction of sp³-hybridized carbons (Fsp3) is 0.471. The fourth-order valence-corrected chi connectivity index (χ4v) is 2.84. The Bertz CT molecular complexity index is 463. The van der Waals surface area contributed by atoms with Crippen molar-refractivity contribution < 1.29 is 4.79 Å². The number of rotatable bonds is 6. The molecule has 2 atom stereocenters. The minimum atomic E-state index is 0.314. The normalized spacial score (nSPS) is 24.8. The first kappa shape index (κ1) is 12.5. The van der Waals surface area contributed by atoms with Crippen LogP contribution in [0.4, 0.5) is 0 Å². The van der Waals surface area contributed by atoms with Gasteiger partial charge in [0.15, 0.2) is 0 Å². The number of carbonyl (C=O) groups is 1. The molecule has 1 aromatic carbocycles. The average Bonchev–Trinajstić information content (AvgIpc) is 3.32. The van der Waals surface area contributed by atoms with Gasteiger partial charge in [-0.05, 0) is 36.7 Å². The molecule has 2 aliphatic rings. The van der Waals surface area contributed by atoms with Gasteiger partial charge in [-0.15, -0.1) is 6.58 Å². The average molecular weight is 255 g/mol. The van der Waals surface area contributed by atoms with E-state index in [0.717, 1.165) is 19.4 Å². The molecule has 19 heavy (non-hydrogen) atoms. The van der Waals surface area contributed by atoms with Crippen LogP contribution in [0.15, 0.2) is 43.0 Å². The molecule has 100 valence electrons. The van der Waals surface area contributed by atoms with Crippen molar-refractivity contribution in [1.82, 2.24) is 4.90 Å². The summed E-state index contributed by atoms with van der Waals surface area (Å²) in [7, 11) is 0. The molecule has 0 spiro atoms. The highest BCUT2D eigenvalue weighted by Crippen LogP contribution is 2.48. The first-order valence-electron chi connectivity index (χ1n) is 7.24. The van der Waals surface area contributed by atoms with Gasteiger partial charge in [0.05, 0.1) is 0 Å². The van der Waals surface area contributed by atoms with Crippen molar-refractivity contribution in [2.75, 3.05) is 13.1 Å². The van der Waals surface area contributed by atoms with Crippen LogP contribution in [0.2, 0.25) is 0 Å². The monoisotopic (exact) mass is 255 g/mol. The van der Waals surface area contributed by atoms with Crippen LogP contribution >= 0.6 is 0 Å². The second-order valence-electron chi connectivity index (χ2n) is 5.82. The zero-order valence-electron chi connectivity index (χ0n) is 11.3. The molecule has 0 radical (unpaired) electrons. The molecule has 2 fully saturated rings. The maximum atomic E-state index is 12.2. The standard InChI is InChI=1S/C17H21NO/c1-2-10-18(17(19)14-8-9-14)12-15-11-16(15)13-6-4-3-5-7-13/h2-7,14-16H,1,8-12H2/t15-,16?/m1/s1. The summed E-state index contributed by atoms with van der Waals surface area (Å²) in [5, 5.41) is 0. The zero-order chi connectivity index (χ0) is 13.2. The topological polar surface area (TPSA) is 20.3 Å². The molecular weight excluding hydrogens is 234 g/mol. The van der Waals surface area contributed by atoms with Gasteiger partial charge in [0.1, 0.15) is 0 Å². The van der Waals surface area contributed by atoms with E-state index in [1.54, 1.807) is 0 Å². The number of carbonyl (C=O) groups excluding carboxylic acids is 1. The molecule has 1 aromatic rings. The van der Waals surface area contributed by atoms with E-state index >= 15 is 0 Å². The molecule has 0 bridgehead atoms. The molecule has 1 unspecified atom stereocenters. The Morgan fingerprint density at radius 1 is 1.32 bits per heavy atom. The van der Waals surface area contributed by atoms with Crippen LogP contribution < -0.4 is 0 Å². The van der Waals surface area contributed by atoms with Crippen LogP contribution in [0, 0.1) is 11.8 Å². The third-order valence-electron chi connectivity index (χ3n) is 4.19. The molecular formula is C17H21NO. The Balaban J connectivity index is 1.58. The van der Waals surface area contributed by atoms with Crippen molar-refractivity contribution in [2.24, 2.45) is 11.8 Å². The second-order valence-corrected chi connectivity index (χ2v) is 5.82. The van der Waals surface area contributed by atoms with Gasteiger partial charge in [0.2, 0.25) is 5.91 Å². The summed E-state index contributed by atoms with van der Waals surface area (Å²) in [6.07, 6.45) is 5.23. The number of nitrogens with zero attached hydrogens (tertiary/aromatic N) is 1. The molecule has 2 saturated carbocycles.